The van der Waals surface area contributed by atoms with Crippen molar-refractivity contribution in [3.63, 3.8) is 0 Å². The molecule has 1 aromatic carbocycles. The number of hydrogen-bond donors (Lipinski definition) is 5. The van der Waals surface area contributed by atoms with Crippen LogP contribution in [-0.2, 0) is 20.7 Å². The molecule has 0 bridgehead atoms. The van der Waals surface area contributed by atoms with Gasteiger partial charge in [0.1, 0.15) is 18.2 Å². The van der Waals surface area contributed by atoms with Crippen LogP contribution in [0.3, 0.4) is 0 Å². The fraction of sp³-hybridized carbons (Fsp3) is 0.357. The molecule has 0 aliphatic carbocycles. The van der Waals surface area contributed by atoms with Crippen LogP contribution in [0.25, 0.3) is 5.65 Å². The number of nitrogens with zero attached hydrogens (tertiary/aromatic N) is 8. The van der Waals surface area contributed by atoms with E-state index in [0.29, 0.717) is 48.0 Å². The first kappa shape index (κ1) is 31.8. The van der Waals surface area contributed by atoms with Crippen LogP contribution < -0.4 is 26.6 Å². The first-order valence-corrected chi connectivity index (χ1v) is 14.6. The van der Waals surface area contributed by atoms with Crippen molar-refractivity contribution in [2.75, 3.05) is 42.3 Å². The van der Waals surface area contributed by atoms with E-state index in [-0.39, 0.29) is 35.2 Å². The van der Waals surface area contributed by atoms with Gasteiger partial charge in [-0.05, 0) is 25.5 Å². The summed E-state index contributed by atoms with van der Waals surface area (Å²) in [5, 5.41) is 32.9. The molecule has 0 radical (unpaired) electrons. The number of benzene rings is 1. The second kappa shape index (κ2) is 14.0. The number of imidazole rings is 2. The van der Waals surface area contributed by atoms with Crippen molar-refractivity contribution in [3.05, 3.63) is 52.8 Å². The number of alkyl carbamates (subject to hydrolysis) is 1. The van der Waals surface area contributed by atoms with Gasteiger partial charge in [0.05, 0.1) is 60.3 Å². The van der Waals surface area contributed by atoms with Gasteiger partial charge in [0.25, 0.3) is 0 Å². The van der Waals surface area contributed by atoms with E-state index in [4.69, 9.17) is 26.8 Å². The summed E-state index contributed by atoms with van der Waals surface area (Å²) in [6.45, 7) is 2.92. The van der Waals surface area contributed by atoms with E-state index in [2.05, 4.69) is 47.1 Å². The van der Waals surface area contributed by atoms with Crippen molar-refractivity contribution in [2.24, 2.45) is 5.73 Å². The van der Waals surface area contributed by atoms with Crippen LogP contribution in [0.2, 0.25) is 5.02 Å². The standard InChI is InChI=1S/C28H30ClN13O4/c1-3-34-24-25-35-12-17(10-31)42(25)40-27(39-24)37-20-6-15(9-30)7-21(23(20)29)41-5-4-19(38-28(44)45-2)22(13-41)46-26(43)18(32)8-16-11-33-14-36-16/h6-7,11-12,14,18-19,22H,3-5,8,13,32H2,1-2H3,(H,33,36)(H,38,44)(H2,34,37,39,40)/t18?,19-,22-/m1/s1. The van der Waals surface area contributed by atoms with E-state index in [1.807, 2.05) is 17.9 Å². The minimum atomic E-state index is -0.989. The molecule has 46 heavy (non-hydrogen) atoms. The van der Waals surface area contributed by atoms with Crippen molar-refractivity contribution < 1.29 is 19.1 Å². The number of aromatic nitrogens is 6. The average Bonchev–Trinajstić information content (AvgIpc) is 3.72. The van der Waals surface area contributed by atoms with Crippen molar-refractivity contribution in [1.29, 1.82) is 10.5 Å². The quantitative estimate of drug-likeness (QED) is 0.154. The summed E-state index contributed by atoms with van der Waals surface area (Å²) in [6, 6.07) is 5.76. The van der Waals surface area contributed by atoms with Gasteiger partial charge in [-0.1, -0.05) is 11.6 Å². The molecule has 1 aliphatic rings. The molecule has 3 aromatic heterocycles. The number of halogens is 1. The maximum Gasteiger partial charge on any atom is 0.407 e. The number of ether oxygens (including phenoxy) is 2. The van der Waals surface area contributed by atoms with Gasteiger partial charge in [-0.3, -0.25) is 4.79 Å². The van der Waals surface area contributed by atoms with E-state index in [9.17, 15) is 20.1 Å². The van der Waals surface area contributed by atoms with Crippen LogP contribution >= 0.6 is 11.6 Å². The number of hydrogen-bond acceptors (Lipinski definition) is 14. The lowest BCUT2D eigenvalue weighted by Gasteiger charge is -2.40. The summed E-state index contributed by atoms with van der Waals surface area (Å²) in [5.74, 6) is -0.178. The number of nitrogens with one attached hydrogen (secondary N) is 4. The molecule has 4 aromatic rings. The Morgan fingerprint density at radius 1 is 1.28 bits per heavy atom. The number of H-pyrrole nitrogens is 1. The molecular weight excluding hydrogens is 618 g/mol. The number of piperidine rings is 1. The van der Waals surface area contributed by atoms with Gasteiger partial charge in [0.15, 0.2) is 17.2 Å². The minimum absolute atomic E-state index is 0.0972. The normalized spacial score (nSPS) is 16.6. The highest BCUT2D eigenvalue weighted by Gasteiger charge is 2.36. The van der Waals surface area contributed by atoms with Gasteiger partial charge in [0.2, 0.25) is 5.95 Å². The summed E-state index contributed by atoms with van der Waals surface area (Å²) < 4.78 is 12.0. The number of esters is 1. The average molecular weight is 648 g/mol. The van der Waals surface area contributed by atoms with Crippen molar-refractivity contribution in [3.8, 4) is 12.1 Å². The molecule has 4 heterocycles. The molecule has 1 amide bonds. The van der Waals surface area contributed by atoms with Crippen LogP contribution in [-0.4, -0.2) is 86.5 Å². The summed E-state index contributed by atoms with van der Waals surface area (Å²) in [6.07, 6.45) is 3.44. The van der Waals surface area contributed by atoms with E-state index in [1.165, 1.54) is 24.1 Å². The summed E-state index contributed by atoms with van der Waals surface area (Å²) in [7, 11) is 1.24. The summed E-state index contributed by atoms with van der Waals surface area (Å²) in [5.41, 5.74) is 8.42. The largest absolute Gasteiger partial charge is 0.457 e. The fourth-order valence-corrected chi connectivity index (χ4v) is 5.27. The van der Waals surface area contributed by atoms with E-state index in [0.717, 1.165) is 0 Å². The predicted molar refractivity (Wildman–Crippen MR) is 165 cm³/mol. The Bertz CT molecular complexity index is 1810. The van der Waals surface area contributed by atoms with Gasteiger partial charge in [-0.25, -0.2) is 14.8 Å². The van der Waals surface area contributed by atoms with Crippen LogP contribution in [0.5, 0.6) is 0 Å². The number of carbonyl (C=O) groups is 2. The van der Waals surface area contributed by atoms with E-state index in [1.54, 1.807) is 18.3 Å². The number of rotatable bonds is 10. The first-order valence-electron chi connectivity index (χ1n) is 14.2. The fourth-order valence-electron chi connectivity index (χ4n) is 5.00. The van der Waals surface area contributed by atoms with Crippen LogP contribution in [0.15, 0.2) is 30.9 Å². The maximum atomic E-state index is 13.0. The lowest BCUT2D eigenvalue weighted by Crippen LogP contribution is -2.56. The SMILES string of the molecule is CCNc1nc(Nc2cc(C#N)cc(N3CC[C@@H](NC(=O)OC)[C@H](OC(=O)C(N)Cc4cnc[nH]4)C3)c2Cl)nn2c(C#N)cnc12. The van der Waals surface area contributed by atoms with Gasteiger partial charge in [-0.15, -0.1) is 5.10 Å². The number of anilines is 4. The summed E-state index contributed by atoms with van der Waals surface area (Å²) in [4.78, 5) is 42.5. The molecule has 6 N–H and O–H groups in total. The molecule has 1 saturated heterocycles. The van der Waals surface area contributed by atoms with Gasteiger partial charge < -0.3 is 41.0 Å². The van der Waals surface area contributed by atoms with Crippen molar-refractivity contribution in [1.82, 2.24) is 34.9 Å². The highest BCUT2D eigenvalue weighted by molar-refractivity contribution is 6.36. The molecule has 1 aliphatic heterocycles. The number of nitriles is 2. The Hall–Kier alpha value is -5.65. The number of carbonyl (C=O) groups excluding carboxylic acids is 2. The zero-order valence-corrected chi connectivity index (χ0v) is 25.6. The van der Waals surface area contributed by atoms with E-state index >= 15 is 0 Å². The summed E-state index contributed by atoms with van der Waals surface area (Å²) >= 11 is 6.92. The lowest BCUT2D eigenvalue weighted by atomic mass is 10.00. The highest BCUT2D eigenvalue weighted by atomic mass is 35.5. The Balaban J connectivity index is 1.43. The Labute approximate surface area is 267 Å². The van der Waals surface area contributed by atoms with Crippen LogP contribution in [0.4, 0.5) is 27.9 Å². The number of fused-ring (bicyclic) bond motifs is 1. The molecule has 5 rings (SSSR count). The molecule has 3 atom stereocenters. The van der Waals surface area contributed by atoms with Crippen LogP contribution in [0, 0.1) is 22.7 Å². The van der Waals surface area contributed by atoms with Gasteiger partial charge in [-0.2, -0.15) is 20.0 Å². The lowest BCUT2D eigenvalue weighted by molar-refractivity contribution is -0.152. The Morgan fingerprint density at radius 2 is 2.11 bits per heavy atom. The van der Waals surface area contributed by atoms with Gasteiger partial charge >= 0.3 is 12.1 Å². The molecule has 238 valence electrons. The predicted octanol–water partition coefficient (Wildman–Crippen LogP) is 1.84. The number of nitrogens with two attached hydrogens (primary N) is 1. The second-order valence-corrected chi connectivity index (χ2v) is 10.6. The Morgan fingerprint density at radius 3 is 2.80 bits per heavy atom. The maximum absolute atomic E-state index is 13.0. The molecule has 0 saturated carbocycles. The molecule has 1 fully saturated rings. The monoisotopic (exact) mass is 647 g/mol. The van der Waals surface area contributed by atoms with Crippen molar-refractivity contribution in [2.45, 2.75) is 38.0 Å². The van der Waals surface area contributed by atoms with Crippen LogP contribution in [0.1, 0.15) is 30.3 Å². The third-order valence-electron chi connectivity index (χ3n) is 7.20. The zero-order valence-electron chi connectivity index (χ0n) is 24.8. The third kappa shape index (κ3) is 6.85. The molecular formula is C28H30ClN13O4. The molecule has 18 heteroatoms. The smallest absolute Gasteiger partial charge is 0.407 e. The zero-order chi connectivity index (χ0) is 32.8. The second-order valence-electron chi connectivity index (χ2n) is 10.2. The minimum Gasteiger partial charge on any atom is -0.457 e. The molecule has 1 unspecified atom stereocenters. The molecule has 0 spiro atoms. The third-order valence-corrected chi connectivity index (χ3v) is 7.60. The van der Waals surface area contributed by atoms with Gasteiger partial charge in [0, 0.05) is 31.4 Å². The number of amides is 1. The highest BCUT2D eigenvalue weighted by Crippen LogP contribution is 2.37. The number of aromatic amines is 1. The Kier molecular flexibility index (Phi) is 9.65. The number of methoxy groups -OCH3 is 1. The van der Waals surface area contributed by atoms with Crippen molar-refractivity contribution >= 4 is 52.5 Å². The topological polar surface area (TPSA) is 237 Å². The molecule has 17 nitrogen and oxygen atoms in total. The van der Waals surface area contributed by atoms with E-state index < -0.39 is 30.3 Å². The first-order chi connectivity index (χ1) is 22.2.